The van der Waals surface area contributed by atoms with Gasteiger partial charge in [0.2, 0.25) is 0 Å². The maximum absolute atomic E-state index is 6.25. The van der Waals surface area contributed by atoms with Crippen LogP contribution in [0, 0.1) is 5.41 Å². The maximum Gasteiger partial charge on any atom is 0.185 e. The summed E-state index contributed by atoms with van der Waals surface area (Å²) in [5.41, 5.74) is 7.56. The van der Waals surface area contributed by atoms with Crippen molar-refractivity contribution in [1.82, 2.24) is 20.2 Å². The van der Waals surface area contributed by atoms with Gasteiger partial charge < -0.3 is 10.5 Å². The van der Waals surface area contributed by atoms with Crippen LogP contribution in [-0.4, -0.2) is 33.9 Å². The highest BCUT2D eigenvalue weighted by Gasteiger charge is 2.43. The summed E-state index contributed by atoms with van der Waals surface area (Å²) < 4.78 is 6.99. The van der Waals surface area contributed by atoms with Crippen LogP contribution in [0.3, 0.4) is 0 Å². The van der Waals surface area contributed by atoms with E-state index in [2.05, 4.69) is 15.5 Å². The smallest absolute Gasteiger partial charge is 0.185 e. The van der Waals surface area contributed by atoms with E-state index in [4.69, 9.17) is 22.1 Å². The van der Waals surface area contributed by atoms with Gasteiger partial charge in [0.15, 0.2) is 5.82 Å². The number of methoxy groups -OCH3 is 1. The summed E-state index contributed by atoms with van der Waals surface area (Å²) in [4.78, 5) is 0. The molecule has 1 saturated carbocycles. The fraction of sp³-hybridized carbons (Fsp3) is 0.500. The topological polar surface area (TPSA) is 78.8 Å². The Hall–Kier alpha value is -1.66. The summed E-state index contributed by atoms with van der Waals surface area (Å²) in [7, 11) is 1.73. The Balaban J connectivity index is 1.88. The summed E-state index contributed by atoms with van der Waals surface area (Å²) >= 11 is 6.25. The number of rotatable bonds is 6. The standard InChI is InChI=1S/C14H18ClN5O/c1-21-8-7-14(5-6-14)9-20-13(17-18-19-20)12-10(15)3-2-4-11(12)16/h2-4H,5-9,16H2,1H3. The number of halogens is 1. The third kappa shape index (κ3) is 2.87. The molecular weight excluding hydrogens is 290 g/mol. The lowest BCUT2D eigenvalue weighted by Crippen LogP contribution is -2.16. The van der Waals surface area contributed by atoms with Gasteiger partial charge in [0.25, 0.3) is 0 Å². The first kappa shape index (κ1) is 14.3. The molecule has 0 spiro atoms. The van der Waals surface area contributed by atoms with Gasteiger partial charge in [0, 0.05) is 19.4 Å². The summed E-state index contributed by atoms with van der Waals surface area (Å²) in [6.45, 7) is 1.52. The molecule has 1 heterocycles. The molecule has 1 aliphatic rings. The molecule has 1 fully saturated rings. The number of hydrogen-bond acceptors (Lipinski definition) is 5. The number of hydrogen-bond donors (Lipinski definition) is 1. The van der Waals surface area contributed by atoms with Crippen molar-refractivity contribution in [1.29, 1.82) is 0 Å². The average molecular weight is 308 g/mol. The van der Waals surface area contributed by atoms with Gasteiger partial charge in [-0.15, -0.1) is 5.10 Å². The Morgan fingerprint density at radius 3 is 2.90 bits per heavy atom. The third-order valence-corrected chi connectivity index (χ3v) is 4.40. The lowest BCUT2D eigenvalue weighted by Gasteiger charge is -2.16. The van der Waals surface area contributed by atoms with Crippen LogP contribution in [0.5, 0.6) is 0 Å². The first-order valence-electron chi connectivity index (χ1n) is 6.95. The minimum absolute atomic E-state index is 0.246. The zero-order valence-electron chi connectivity index (χ0n) is 11.9. The Labute approximate surface area is 128 Å². The van der Waals surface area contributed by atoms with E-state index in [0.717, 1.165) is 19.6 Å². The fourth-order valence-electron chi connectivity index (χ4n) is 2.57. The summed E-state index contributed by atoms with van der Waals surface area (Å²) in [5, 5.41) is 12.6. The lowest BCUT2D eigenvalue weighted by molar-refractivity contribution is 0.165. The second kappa shape index (κ2) is 5.61. The highest BCUT2D eigenvalue weighted by atomic mass is 35.5. The second-order valence-corrected chi connectivity index (χ2v) is 6.01. The van der Waals surface area contributed by atoms with Crippen LogP contribution >= 0.6 is 11.6 Å². The van der Waals surface area contributed by atoms with Gasteiger partial charge >= 0.3 is 0 Å². The van der Waals surface area contributed by atoms with Crippen molar-refractivity contribution >= 4 is 17.3 Å². The van der Waals surface area contributed by atoms with E-state index in [0.29, 0.717) is 22.1 Å². The zero-order valence-corrected chi connectivity index (χ0v) is 12.7. The summed E-state index contributed by atoms with van der Waals surface area (Å²) in [6.07, 6.45) is 3.36. The van der Waals surface area contributed by atoms with Crippen molar-refractivity contribution in [3.8, 4) is 11.4 Å². The monoisotopic (exact) mass is 307 g/mol. The van der Waals surface area contributed by atoms with Crippen LogP contribution in [0.15, 0.2) is 18.2 Å². The number of nitrogen functional groups attached to an aromatic ring is 1. The zero-order chi connectivity index (χ0) is 14.9. The van der Waals surface area contributed by atoms with Crippen LogP contribution in [0.1, 0.15) is 19.3 Å². The van der Waals surface area contributed by atoms with Gasteiger partial charge in [-0.1, -0.05) is 17.7 Å². The largest absolute Gasteiger partial charge is 0.398 e. The van der Waals surface area contributed by atoms with E-state index in [9.17, 15) is 0 Å². The molecule has 0 bridgehead atoms. The molecule has 2 aromatic rings. The predicted molar refractivity (Wildman–Crippen MR) is 80.8 cm³/mol. The molecule has 6 nitrogen and oxygen atoms in total. The van der Waals surface area contributed by atoms with Crippen LogP contribution < -0.4 is 5.73 Å². The number of aromatic nitrogens is 4. The molecule has 0 radical (unpaired) electrons. The Morgan fingerprint density at radius 1 is 1.43 bits per heavy atom. The summed E-state index contributed by atoms with van der Waals surface area (Å²) in [6, 6.07) is 5.42. The van der Waals surface area contributed by atoms with Crippen LogP contribution in [0.4, 0.5) is 5.69 Å². The predicted octanol–water partition coefficient (Wildman–Crippen LogP) is 2.39. The second-order valence-electron chi connectivity index (χ2n) is 5.61. The van der Waals surface area contributed by atoms with Gasteiger partial charge in [0.05, 0.1) is 17.1 Å². The first-order valence-corrected chi connectivity index (χ1v) is 7.32. The minimum atomic E-state index is 0.246. The molecule has 0 amide bonds. The third-order valence-electron chi connectivity index (χ3n) is 4.08. The number of nitrogens with zero attached hydrogens (tertiary/aromatic N) is 4. The highest BCUT2D eigenvalue weighted by molar-refractivity contribution is 6.33. The molecule has 112 valence electrons. The lowest BCUT2D eigenvalue weighted by atomic mass is 10.0. The van der Waals surface area contributed by atoms with Crippen molar-refractivity contribution in [3.05, 3.63) is 23.2 Å². The molecule has 21 heavy (non-hydrogen) atoms. The maximum atomic E-state index is 6.25. The molecule has 0 aliphatic heterocycles. The SMILES string of the molecule is COCCC1(Cn2nnnc2-c2c(N)cccc2Cl)CC1. The van der Waals surface area contributed by atoms with Crippen molar-refractivity contribution in [2.45, 2.75) is 25.8 Å². The molecule has 1 aromatic heterocycles. The van der Waals surface area contributed by atoms with Crippen LogP contribution in [-0.2, 0) is 11.3 Å². The number of tetrazole rings is 1. The van der Waals surface area contributed by atoms with Crippen molar-refractivity contribution in [3.63, 3.8) is 0 Å². The Kier molecular flexibility index (Phi) is 3.82. The molecule has 2 N–H and O–H groups in total. The average Bonchev–Trinajstić information content (AvgIpc) is 3.08. The molecule has 0 atom stereocenters. The molecule has 3 rings (SSSR count). The molecule has 1 aromatic carbocycles. The molecule has 7 heteroatoms. The molecule has 1 aliphatic carbocycles. The Bertz CT molecular complexity index is 618. The Morgan fingerprint density at radius 2 is 2.24 bits per heavy atom. The quantitative estimate of drug-likeness (QED) is 0.829. The van der Waals surface area contributed by atoms with Gasteiger partial charge in [-0.25, -0.2) is 4.68 Å². The number of anilines is 1. The van der Waals surface area contributed by atoms with Crippen LogP contribution in [0.25, 0.3) is 11.4 Å². The molecular formula is C14H18ClN5O. The van der Waals surface area contributed by atoms with E-state index in [1.54, 1.807) is 23.9 Å². The number of ether oxygens (including phenoxy) is 1. The normalized spacial score (nSPS) is 16.1. The van der Waals surface area contributed by atoms with Gasteiger partial charge in [-0.05, 0) is 47.2 Å². The van der Waals surface area contributed by atoms with E-state index < -0.39 is 0 Å². The van der Waals surface area contributed by atoms with E-state index in [1.165, 1.54) is 12.8 Å². The van der Waals surface area contributed by atoms with Crippen molar-refractivity contribution in [2.75, 3.05) is 19.5 Å². The van der Waals surface area contributed by atoms with E-state index in [1.807, 2.05) is 6.07 Å². The molecule has 0 saturated heterocycles. The van der Waals surface area contributed by atoms with Crippen molar-refractivity contribution < 1.29 is 4.74 Å². The van der Waals surface area contributed by atoms with Gasteiger partial charge in [-0.2, -0.15) is 0 Å². The van der Waals surface area contributed by atoms with E-state index >= 15 is 0 Å². The molecule has 0 unspecified atom stereocenters. The van der Waals surface area contributed by atoms with Crippen LogP contribution in [0.2, 0.25) is 5.02 Å². The highest BCUT2D eigenvalue weighted by Crippen LogP contribution is 2.50. The number of benzene rings is 1. The van der Waals surface area contributed by atoms with Gasteiger partial charge in [-0.3, -0.25) is 0 Å². The fourth-order valence-corrected chi connectivity index (χ4v) is 2.83. The van der Waals surface area contributed by atoms with Gasteiger partial charge in [0.1, 0.15) is 0 Å². The number of nitrogens with two attached hydrogens (primary N) is 1. The minimum Gasteiger partial charge on any atom is -0.398 e. The van der Waals surface area contributed by atoms with Crippen molar-refractivity contribution in [2.24, 2.45) is 5.41 Å². The van der Waals surface area contributed by atoms with E-state index in [-0.39, 0.29) is 5.41 Å². The first-order chi connectivity index (χ1) is 10.2. The summed E-state index contributed by atoms with van der Waals surface area (Å²) in [5.74, 6) is 0.627.